The molecule has 18 heavy (non-hydrogen) atoms. The first-order valence-corrected chi connectivity index (χ1v) is 5.58. The summed E-state index contributed by atoms with van der Waals surface area (Å²) in [6, 6.07) is -3.24. The Morgan fingerprint density at radius 1 is 0.889 bits per heavy atom. The zero-order valence-corrected chi connectivity index (χ0v) is 10.4. The molecule has 0 bridgehead atoms. The lowest BCUT2D eigenvalue weighted by Crippen LogP contribution is -2.39. The Bertz CT molecular complexity index is 882. The zero-order chi connectivity index (χ0) is 19.7. The molecule has 0 aliphatic carbocycles. The first-order chi connectivity index (χ1) is 11.9. The molecule has 0 unspecified atom stereocenters. The second kappa shape index (κ2) is 3.77. The molecule has 0 saturated heterocycles. The summed E-state index contributed by atoms with van der Waals surface area (Å²) in [7, 11) is 0. The summed E-state index contributed by atoms with van der Waals surface area (Å²) in [5, 5.41) is 0. The molecule has 1 heterocycles. The molecule has 0 amide bonds. The molecule has 2 heteroatoms. The summed E-state index contributed by atoms with van der Waals surface area (Å²) in [4.78, 5) is 1.50. The van der Waals surface area contributed by atoms with E-state index in [1.165, 1.54) is 4.90 Å². The second-order valence-electron chi connectivity index (χ2n) is 4.96. The fourth-order valence-electron chi connectivity index (χ4n) is 1.94. The van der Waals surface area contributed by atoms with Gasteiger partial charge in [-0.1, -0.05) is 24.2 Å². The van der Waals surface area contributed by atoms with Crippen molar-refractivity contribution in [2.75, 3.05) is 4.90 Å². The van der Waals surface area contributed by atoms with E-state index in [0.717, 1.165) is 0 Å². The van der Waals surface area contributed by atoms with Crippen molar-refractivity contribution >= 4 is 11.4 Å². The smallest absolute Gasteiger partial charge is 0.151 e. The predicted octanol–water partition coefficient (Wildman–Crippen LogP) is 4.73. The third-order valence-electron chi connectivity index (χ3n) is 2.59. The van der Waals surface area contributed by atoms with Gasteiger partial charge in [0.15, 0.2) is 11.5 Å². The minimum atomic E-state index is -0.746. The number of rotatable bonds is 0. The van der Waals surface area contributed by atoms with E-state index in [4.69, 9.17) is 15.7 Å². The number of anilines is 2. The van der Waals surface area contributed by atoms with E-state index in [-0.39, 0.29) is 35.0 Å². The van der Waals surface area contributed by atoms with Gasteiger partial charge in [-0.05, 0) is 44.9 Å². The first-order valence-electron chi connectivity index (χ1n) is 9.58. The van der Waals surface area contributed by atoms with E-state index >= 15 is 0 Å². The monoisotopic (exact) mass is 247 g/mol. The van der Waals surface area contributed by atoms with Gasteiger partial charge in [-0.3, -0.25) is 0 Å². The van der Waals surface area contributed by atoms with Gasteiger partial charge in [0.25, 0.3) is 0 Å². The Hall–Kier alpha value is -1.96. The molecule has 1 aliphatic rings. The minimum absolute atomic E-state index is 0.0565. The molecule has 2 aromatic carbocycles. The van der Waals surface area contributed by atoms with Gasteiger partial charge in [0, 0.05) is 5.54 Å². The molecule has 0 saturated carbocycles. The second-order valence-corrected chi connectivity index (χ2v) is 4.96. The molecule has 1 aliphatic heterocycles. The predicted molar refractivity (Wildman–Crippen MR) is 74.9 cm³/mol. The lowest BCUT2D eigenvalue weighted by molar-refractivity contribution is 0.451. The van der Waals surface area contributed by atoms with E-state index in [9.17, 15) is 0 Å². The van der Waals surface area contributed by atoms with Crippen molar-refractivity contribution < 1.29 is 15.7 Å². The molecule has 2 aromatic rings. The van der Waals surface area contributed by atoms with Gasteiger partial charge in [0.05, 0.1) is 22.3 Å². The van der Waals surface area contributed by atoms with Crippen molar-refractivity contribution in [3.8, 4) is 11.5 Å². The third kappa shape index (κ3) is 1.65. The summed E-state index contributed by atoms with van der Waals surface area (Å²) >= 11 is 0. The number of hydrogen-bond acceptors (Lipinski definition) is 2. The van der Waals surface area contributed by atoms with Crippen molar-refractivity contribution in [1.82, 2.24) is 0 Å². The van der Waals surface area contributed by atoms with Gasteiger partial charge >= 0.3 is 0 Å². The summed E-state index contributed by atoms with van der Waals surface area (Å²) in [5.41, 5.74) is -0.633. The van der Waals surface area contributed by atoms with Crippen LogP contribution in [0.3, 0.4) is 0 Å². The summed E-state index contributed by atoms with van der Waals surface area (Å²) in [6.45, 7) is 5.36. The maximum atomic E-state index is 8.28. The molecule has 2 nitrogen and oxygen atoms in total. The fourth-order valence-corrected chi connectivity index (χ4v) is 1.94. The molecular weight excluding hydrogens is 222 g/mol. The molecule has 0 aromatic heterocycles. The molecule has 0 fully saturated rings. The largest absolute Gasteiger partial charge is 0.453 e. The van der Waals surface area contributed by atoms with Crippen molar-refractivity contribution in [3.05, 3.63) is 48.3 Å². The Balaban J connectivity index is 2.51. The fraction of sp³-hybridized carbons (Fsp3) is 0.250. The van der Waals surface area contributed by atoms with Gasteiger partial charge < -0.3 is 9.64 Å². The molecule has 0 atom stereocenters. The number of nitrogens with zero attached hydrogens (tertiary/aromatic N) is 1. The zero-order valence-electron chi connectivity index (χ0n) is 18.4. The maximum Gasteiger partial charge on any atom is 0.151 e. The Kier molecular flexibility index (Phi) is 1.12. The van der Waals surface area contributed by atoms with Crippen LogP contribution in [-0.4, -0.2) is 5.54 Å². The topological polar surface area (TPSA) is 12.5 Å². The van der Waals surface area contributed by atoms with E-state index in [2.05, 4.69) is 0 Å². The van der Waals surface area contributed by atoms with Gasteiger partial charge in [-0.15, -0.1) is 0 Å². The van der Waals surface area contributed by atoms with E-state index in [1.54, 1.807) is 20.8 Å². The number of hydrogen-bond donors (Lipinski definition) is 0. The molecule has 92 valence electrons. The van der Waals surface area contributed by atoms with Crippen LogP contribution in [-0.2, 0) is 0 Å². The van der Waals surface area contributed by atoms with Crippen LogP contribution in [0.1, 0.15) is 31.7 Å². The highest BCUT2D eigenvalue weighted by Gasteiger charge is 2.31. The Morgan fingerprint density at radius 2 is 1.33 bits per heavy atom. The van der Waals surface area contributed by atoms with Crippen molar-refractivity contribution in [2.24, 2.45) is 0 Å². The molecular formula is C16H17NO. The van der Waals surface area contributed by atoms with Gasteiger partial charge in [0.2, 0.25) is 0 Å². The molecule has 0 N–H and O–H groups in total. The number of ether oxygens (including phenoxy) is 1. The Labute approximate surface area is 119 Å². The van der Waals surface area contributed by atoms with E-state index < -0.39 is 41.8 Å². The molecule has 0 radical (unpaired) electrons. The quantitative estimate of drug-likeness (QED) is 0.667. The van der Waals surface area contributed by atoms with Gasteiger partial charge in [-0.2, -0.15) is 0 Å². The number of para-hydroxylation sites is 4. The molecule has 0 spiro atoms. The highest BCUT2D eigenvalue weighted by atomic mass is 16.5. The first kappa shape index (κ1) is 5.35. The van der Waals surface area contributed by atoms with Crippen LogP contribution in [0.2, 0.25) is 0 Å². The van der Waals surface area contributed by atoms with Crippen molar-refractivity contribution in [2.45, 2.75) is 26.3 Å². The number of benzene rings is 2. The van der Waals surface area contributed by atoms with Crippen LogP contribution in [0, 0.1) is 0 Å². The van der Waals surface area contributed by atoms with Crippen LogP contribution < -0.4 is 9.64 Å². The third-order valence-corrected chi connectivity index (χ3v) is 2.59. The van der Waals surface area contributed by atoms with Crippen LogP contribution in [0.4, 0.5) is 11.4 Å². The van der Waals surface area contributed by atoms with Crippen LogP contribution in [0.25, 0.3) is 0 Å². The lowest BCUT2D eigenvalue weighted by Gasteiger charge is -2.41. The standard InChI is InChI=1S/C16H17NO/c1-16(2,3)17-12-8-4-6-10-14(12)18-15-11-7-5-9-13(15)17/h4-11H,1-3H3/i4D,5D,6D,7D,8D,9D,10D,11D. The van der Waals surface area contributed by atoms with Gasteiger partial charge in [-0.25, -0.2) is 0 Å². The van der Waals surface area contributed by atoms with Gasteiger partial charge in [0.1, 0.15) is 0 Å². The molecule has 3 rings (SSSR count). The van der Waals surface area contributed by atoms with Crippen LogP contribution in [0.15, 0.2) is 48.3 Å². The van der Waals surface area contributed by atoms with Crippen LogP contribution >= 0.6 is 0 Å². The number of fused-ring (bicyclic) bond motifs is 2. The summed E-state index contributed by atoms with van der Waals surface area (Å²) in [6.07, 6.45) is 0. The highest BCUT2D eigenvalue weighted by molar-refractivity contribution is 5.79. The van der Waals surface area contributed by atoms with Crippen molar-refractivity contribution in [1.29, 1.82) is 0 Å². The van der Waals surface area contributed by atoms with Crippen molar-refractivity contribution in [3.63, 3.8) is 0 Å². The Morgan fingerprint density at radius 3 is 1.78 bits per heavy atom. The normalized spacial score (nSPS) is 19.8. The maximum absolute atomic E-state index is 8.28. The van der Waals surface area contributed by atoms with E-state index in [1.807, 2.05) is 0 Å². The average molecular weight is 247 g/mol. The highest BCUT2D eigenvalue weighted by Crippen LogP contribution is 2.49. The van der Waals surface area contributed by atoms with Crippen LogP contribution in [0.5, 0.6) is 11.5 Å². The van der Waals surface area contributed by atoms with E-state index in [0.29, 0.717) is 0 Å². The SMILES string of the molecule is [2H]c1c([2H])c([2H])c2c(c1[2H])Oc1c([2H])c([2H])c([2H])c([2H])c1N2C(C)(C)C. The lowest BCUT2D eigenvalue weighted by atomic mass is 10.0. The minimum Gasteiger partial charge on any atom is -0.453 e. The summed E-state index contributed by atoms with van der Waals surface area (Å²) in [5.74, 6) is -0.299. The summed E-state index contributed by atoms with van der Waals surface area (Å²) < 4.78 is 70.1. The average Bonchev–Trinajstić information content (AvgIpc) is 2.58.